The van der Waals surface area contributed by atoms with Gasteiger partial charge in [0.2, 0.25) is 0 Å². The van der Waals surface area contributed by atoms with E-state index in [1.54, 1.807) is 23.0 Å². The third kappa shape index (κ3) is 2.79. The number of rotatable bonds is 2. The summed E-state index contributed by atoms with van der Waals surface area (Å²) in [4.78, 5) is 17.7. The maximum absolute atomic E-state index is 13.7. The number of fused-ring (bicyclic) bond motifs is 2. The van der Waals surface area contributed by atoms with Gasteiger partial charge in [0, 0.05) is 6.42 Å². The van der Waals surface area contributed by atoms with E-state index in [1.807, 2.05) is 12.1 Å². The topological polar surface area (TPSA) is 73.8 Å². The molecule has 5 rings (SSSR count). The van der Waals surface area contributed by atoms with Crippen LogP contribution < -0.4 is 5.73 Å². The smallest absolute Gasteiger partial charge is 0.167 e. The van der Waals surface area contributed by atoms with Gasteiger partial charge in [-0.15, -0.1) is 0 Å². The molecule has 0 spiro atoms. The maximum atomic E-state index is 13.7. The summed E-state index contributed by atoms with van der Waals surface area (Å²) >= 11 is 0. The molecule has 0 unspecified atom stereocenters. The van der Waals surface area contributed by atoms with Crippen molar-refractivity contribution in [3.05, 3.63) is 82.9 Å². The van der Waals surface area contributed by atoms with Gasteiger partial charge in [-0.05, 0) is 48.6 Å². The molecule has 144 valence electrons. The van der Waals surface area contributed by atoms with Gasteiger partial charge in [0.15, 0.2) is 11.4 Å². The van der Waals surface area contributed by atoms with Crippen molar-refractivity contribution in [3.8, 4) is 5.69 Å². The minimum absolute atomic E-state index is 0.00455. The number of Topliss-reactive ketones (excluding diaryl/α,β-unsaturated/α-hetero) is 1. The summed E-state index contributed by atoms with van der Waals surface area (Å²) in [6.45, 7) is 2.05. The lowest BCUT2D eigenvalue weighted by atomic mass is 9.79. The summed E-state index contributed by atoms with van der Waals surface area (Å²) in [6.07, 6.45) is 2.62. The summed E-state index contributed by atoms with van der Waals surface area (Å²) < 4.78 is 15.3. The first kappa shape index (κ1) is 17.6. The number of nitrogen functional groups attached to an aromatic ring is 1. The van der Waals surface area contributed by atoms with Crippen LogP contribution in [0.2, 0.25) is 0 Å². The molecule has 0 bridgehead atoms. The third-order valence-electron chi connectivity index (χ3n) is 5.66. The minimum atomic E-state index is -0.355. The van der Waals surface area contributed by atoms with Crippen molar-refractivity contribution in [2.75, 3.05) is 5.73 Å². The van der Waals surface area contributed by atoms with Gasteiger partial charge in [0.05, 0.1) is 34.2 Å². The molecule has 0 aliphatic heterocycles. The average Bonchev–Trinajstić information content (AvgIpc) is 3.12. The molecule has 1 aliphatic carbocycles. The fraction of sp³-hybridized carbons (Fsp3) is 0.174. The number of halogens is 1. The molecule has 0 fully saturated rings. The van der Waals surface area contributed by atoms with E-state index in [0.29, 0.717) is 46.5 Å². The standard InChI is InChI=1S/C23H19FN4O/c1-13-5-2-3-8-17(13)14-9-19-21(20(29)10-14)22(25)18-12-26-28(23(18)27-19)16-7-4-6-15(24)11-16/h2-8,11-12,14H,9-10H2,1H3,(H2,25,27)/t14-/m0/s1. The molecule has 2 aromatic carbocycles. The monoisotopic (exact) mass is 386 g/mol. The van der Waals surface area contributed by atoms with Crippen LogP contribution in [0.15, 0.2) is 54.7 Å². The fourth-order valence-corrected chi connectivity index (χ4v) is 4.27. The molecule has 4 aromatic rings. The van der Waals surface area contributed by atoms with Gasteiger partial charge in [0.1, 0.15) is 5.82 Å². The van der Waals surface area contributed by atoms with Crippen LogP contribution in [0.1, 0.15) is 39.5 Å². The Morgan fingerprint density at radius 3 is 2.76 bits per heavy atom. The number of nitrogens with two attached hydrogens (primary N) is 1. The zero-order valence-corrected chi connectivity index (χ0v) is 15.9. The molecule has 0 amide bonds. The molecule has 5 nitrogen and oxygen atoms in total. The van der Waals surface area contributed by atoms with E-state index in [-0.39, 0.29) is 17.5 Å². The number of aromatic nitrogens is 3. The molecular weight excluding hydrogens is 367 g/mol. The Kier molecular flexibility index (Phi) is 3.94. The first-order valence-electron chi connectivity index (χ1n) is 9.53. The van der Waals surface area contributed by atoms with Crippen LogP contribution >= 0.6 is 0 Å². The van der Waals surface area contributed by atoms with Crippen LogP contribution in [0.5, 0.6) is 0 Å². The number of benzene rings is 2. The van der Waals surface area contributed by atoms with E-state index >= 15 is 0 Å². The lowest BCUT2D eigenvalue weighted by molar-refractivity contribution is 0.0964. The number of hydrogen-bond donors (Lipinski definition) is 1. The number of carbonyl (C=O) groups excluding carboxylic acids is 1. The molecule has 1 atom stereocenters. The largest absolute Gasteiger partial charge is 0.397 e. The highest BCUT2D eigenvalue weighted by Gasteiger charge is 2.31. The maximum Gasteiger partial charge on any atom is 0.167 e. The highest BCUT2D eigenvalue weighted by Crippen LogP contribution is 2.38. The van der Waals surface area contributed by atoms with Crippen molar-refractivity contribution < 1.29 is 9.18 Å². The molecule has 1 aliphatic rings. The summed E-state index contributed by atoms with van der Waals surface area (Å²) in [5.41, 5.74) is 11.4. The second-order valence-corrected chi connectivity index (χ2v) is 7.51. The number of pyridine rings is 1. The normalized spacial score (nSPS) is 16.2. The van der Waals surface area contributed by atoms with Gasteiger partial charge in [-0.1, -0.05) is 30.3 Å². The van der Waals surface area contributed by atoms with Crippen molar-refractivity contribution in [3.63, 3.8) is 0 Å². The molecule has 0 radical (unpaired) electrons. The molecule has 2 heterocycles. The summed E-state index contributed by atoms with van der Waals surface area (Å²) in [5.74, 6) is -0.289. The molecule has 2 aromatic heterocycles. The number of nitrogens with zero attached hydrogens (tertiary/aromatic N) is 3. The number of aryl methyl sites for hydroxylation is 1. The van der Waals surface area contributed by atoms with Crippen molar-refractivity contribution in [1.29, 1.82) is 0 Å². The predicted molar refractivity (Wildman–Crippen MR) is 110 cm³/mol. The fourth-order valence-electron chi connectivity index (χ4n) is 4.27. The van der Waals surface area contributed by atoms with E-state index in [0.717, 1.165) is 11.1 Å². The number of anilines is 1. The van der Waals surface area contributed by atoms with Gasteiger partial charge in [-0.3, -0.25) is 4.79 Å². The van der Waals surface area contributed by atoms with Crippen LogP contribution in [0.3, 0.4) is 0 Å². The molecule has 6 heteroatoms. The van der Waals surface area contributed by atoms with Crippen molar-refractivity contribution in [2.45, 2.75) is 25.7 Å². The van der Waals surface area contributed by atoms with Crippen LogP contribution in [-0.2, 0) is 6.42 Å². The highest BCUT2D eigenvalue weighted by atomic mass is 19.1. The zero-order valence-electron chi connectivity index (χ0n) is 15.9. The Morgan fingerprint density at radius 2 is 1.97 bits per heavy atom. The second kappa shape index (κ2) is 6.51. The Bertz CT molecular complexity index is 1280. The SMILES string of the molecule is Cc1ccccc1[C@@H]1CC(=O)c2c(nc3c(cnn3-c3cccc(F)c3)c2N)C1. The Balaban J connectivity index is 1.67. The minimum Gasteiger partial charge on any atom is -0.397 e. The highest BCUT2D eigenvalue weighted by molar-refractivity contribution is 6.09. The molecule has 0 saturated carbocycles. The number of hydrogen-bond acceptors (Lipinski definition) is 4. The zero-order chi connectivity index (χ0) is 20.1. The Morgan fingerprint density at radius 1 is 1.14 bits per heavy atom. The van der Waals surface area contributed by atoms with Gasteiger partial charge in [-0.2, -0.15) is 5.10 Å². The summed E-state index contributed by atoms with van der Waals surface area (Å²) in [7, 11) is 0. The third-order valence-corrected chi connectivity index (χ3v) is 5.66. The van der Waals surface area contributed by atoms with E-state index in [1.165, 1.54) is 12.1 Å². The second-order valence-electron chi connectivity index (χ2n) is 7.51. The summed E-state index contributed by atoms with van der Waals surface area (Å²) in [5, 5.41) is 4.96. The molecule has 2 N–H and O–H groups in total. The molecular formula is C23H19FN4O. The van der Waals surface area contributed by atoms with Gasteiger partial charge in [0.25, 0.3) is 0 Å². The average molecular weight is 386 g/mol. The van der Waals surface area contributed by atoms with E-state index < -0.39 is 0 Å². The van der Waals surface area contributed by atoms with E-state index in [2.05, 4.69) is 24.2 Å². The molecule has 0 saturated heterocycles. The van der Waals surface area contributed by atoms with Gasteiger partial charge < -0.3 is 5.73 Å². The van der Waals surface area contributed by atoms with E-state index in [4.69, 9.17) is 10.7 Å². The van der Waals surface area contributed by atoms with Gasteiger partial charge >= 0.3 is 0 Å². The Hall–Kier alpha value is -3.54. The van der Waals surface area contributed by atoms with Gasteiger partial charge in [-0.25, -0.2) is 14.1 Å². The van der Waals surface area contributed by atoms with Crippen LogP contribution in [0.25, 0.3) is 16.7 Å². The van der Waals surface area contributed by atoms with E-state index in [9.17, 15) is 9.18 Å². The van der Waals surface area contributed by atoms with Crippen molar-refractivity contribution in [2.24, 2.45) is 0 Å². The van der Waals surface area contributed by atoms with Crippen molar-refractivity contribution >= 4 is 22.5 Å². The number of carbonyl (C=O) groups is 1. The Labute approximate surface area is 167 Å². The first-order valence-corrected chi connectivity index (χ1v) is 9.53. The summed E-state index contributed by atoms with van der Waals surface area (Å²) in [6, 6.07) is 14.3. The van der Waals surface area contributed by atoms with Crippen LogP contribution in [-0.4, -0.2) is 20.5 Å². The van der Waals surface area contributed by atoms with Crippen LogP contribution in [0, 0.1) is 12.7 Å². The molecule has 29 heavy (non-hydrogen) atoms. The number of ketones is 1. The van der Waals surface area contributed by atoms with Crippen molar-refractivity contribution in [1.82, 2.24) is 14.8 Å². The lowest BCUT2D eigenvalue weighted by Gasteiger charge is -2.25. The predicted octanol–water partition coefficient (Wildman–Crippen LogP) is 4.36. The lowest BCUT2D eigenvalue weighted by Crippen LogP contribution is -2.22. The first-order chi connectivity index (χ1) is 14.0. The van der Waals surface area contributed by atoms with Crippen LogP contribution in [0.4, 0.5) is 10.1 Å². The quantitative estimate of drug-likeness (QED) is 0.555.